The Balaban J connectivity index is 1.65. The number of piperazine rings is 1. The lowest BCUT2D eigenvalue weighted by atomic mass is 10.1. The van der Waals surface area contributed by atoms with E-state index in [0.29, 0.717) is 38.3 Å². The number of methoxy groups -OCH3 is 1. The van der Waals surface area contributed by atoms with Gasteiger partial charge in [-0.15, -0.1) is 0 Å². The van der Waals surface area contributed by atoms with Gasteiger partial charge in [0.15, 0.2) is 0 Å². The molecule has 2 aromatic carbocycles. The molecule has 5 heteroatoms. The quantitative estimate of drug-likeness (QED) is 0.938. The monoisotopic (exact) mass is 326 g/mol. The van der Waals surface area contributed by atoms with E-state index < -0.39 is 0 Å². The highest BCUT2D eigenvalue weighted by Gasteiger charge is 2.23. The minimum absolute atomic E-state index is 0.0462. The number of hydrogen-bond donors (Lipinski definition) is 1. The molecule has 1 saturated heterocycles. The van der Waals surface area contributed by atoms with Crippen LogP contribution >= 0.6 is 0 Å². The minimum atomic E-state index is 0.0462. The Labute approximate surface area is 142 Å². The predicted molar refractivity (Wildman–Crippen MR) is 93.4 cm³/mol. The Hall–Kier alpha value is -2.53. The second-order valence-electron chi connectivity index (χ2n) is 5.90. The molecule has 0 bridgehead atoms. The van der Waals surface area contributed by atoms with E-state index in [9.17, 15) is 9.90 Å². The minimum Gasteiger partial charge on any atom is -0.506 e. The average Bonchev–Trinajstić information content (AvgIpc) is 2.62. The number of anilines is 1. The van der Waals surface area contributed by atoms with Crippen molar-refractivity contribution in [3.63, 3.8) is 0 Å². The number of rotatable bonds is 4. The molecule has 0 unspecified atom stereocenters. The molecule has 0 spiro atoms. The van der Waals surface area contributed by atoms with Crippen LogP contribution in [-0.4, -0.2) is 49.2 Å². The van der Waals surface area contributed by atoms with Crippen molar-refractivity contribution < 1.29 is 14.6 Å². The van der Waals surface area contributed by atoms with Gasteiger partial charge in [0.25, 0.3) is 5.91 Å². The highest BCUT2D eigenvalue weighted by molar-refractivity contribution is 5.94. The first kappa shape index (κ1) is 16.3. The van der Waals surface area contributed by atoms with Crippen molar-refractivity contribution in [1.82, 2.24) is 4.90 Å². The smallest absolute Gasteiger partial charge is 0.253 e. The van der Waals surface area contributed by atoms with Crippen LogP contribution in [0.2, 0.25) is 0 Å². The van der Waals surface area contributed by atoms with Crippen LogP contribution in [0, 0.1) is 0 Å². The fourth-order valence-corrected chi connectivity index (χ4v) is 3.03. The molecule has 126 valence electrons. The molecule has 0 atom stereocenters. The lowest BCUT2D eigenvalue weighted by molar-refractivity contribution is 0.0746. The van der Waals surface area contributed by atoms with Crippen LogP contribution in [0.3, 0.4) is 0 Å². The van der Waals surface area contributed by atoms with E-state index in [2.05, 4.69) is 4.90 Å². The van der Waals surface area contributed by atoms with Gasteiger partial charge in [0.1, 0.15) is 5.75 Å². The molecule has 1 fully saturated rings. The Morgan fingerprint density at radius 2 is 1.83 bits per heavy atom. The third kappa shape index (κ3) is 3.51. The zero-order valence-corrected chi connectivity index (χ0v) is 13.8. The molecule has 0 aliphatic carbocycles. The summed E-state index contributed by atoms with van der Waals surface area (Å²) >= 11 is 0. The van der Waals surface area contributed by atoms with E-state index in [-0.39, 0.29) is 11.7 Å². The van der Waals surface area contributed by atoms with Crippen molar-refractivity contribution in [2.45, 2.75) is 6.61 Å². The number of carbonyl (C=O) groups excluding carboxylic acids is 1. The Kier molecular flexibility index (Phi) is 5.01. The highest BCUT2D eigenvalue weighted by Crippen LogP contribution is 2.27. The van der Waals surface area contributed by atoms with E-state index in [4.69, 9.17) is 4.74 Å². The van der Waals surface area contributed by atoms with Gasteiger partial charge in [0.2, 0.25) is 0 Å². The molecule has 24 heavy (non-hydrogen) atoms. The lowest BCUT2D eigenvalue weighted by Crippen LogP contribution is -2.48. The number of nitrogens with zero attached hydrogens (tertiary/aromatic N) is 2. The summed E-state index contributed by atoms with van der Waals surface area (Å²) in [4.78, 5) is 16.7. The molecule has 1 aliphatic rings. The Morgan fingerprint density at radius 3 is 2.54 bits per heavy atom. The zero-order valence-electron chi connectivity index (χ0n) is 13.8. The number of hydrogen-bond acceptors (Lipinski definition) is 4. The first-order valence-electron chi connectivity index (χ1n) is 8.09. The van der Waals surface area contributed by atoms with Crippen LogP contribution in [0.25, 0.3) is 0 Å². The summed E-state index contributed by atoms with van der Waals surface area (Å²) in [6.45, 7) is 3.20. The predicted octanol–water partition coefficient (Wildman–Crippen LogP) is 2.50. The number of ether oxygens (including phenoxy) is 1. The first-order valence-corrected chi connectivity index (χ1v) is 8.09. The lowest BCUT2D eigenvalue weighted by Gasteiger charge is -2.36. The van der Waals surface area contributed by atoms with Gasteiger partial charge in [-0.2, -0.15) is 0 Å². The van der Waals surface area contributed by atoms with Crippen LogP contribution in [0.4, 0.5) is 5.69 Å². The van der Waals surface area contributed by atoms with E-state index in [1.165, 1.54) is 0 Å². The van der Waals surface area contributed by atoms with Crippen LogP contribution in [0.5, 0.6) is 5.75 Å². The maximum absolute atomic E-state index is 12.7. The van der Waals surface area contributed by atoms with Gasteiger partial charge < -0.3 is 19.6 Å². The van der Waals surface area contributed by atoms with Gasteiger partial charge in [0.05, 0.1) is 12.3 Å². The van der Waals surface area contributed by atoms with E-state index in [1.807, 2.05) is 47.4 Å². The van der Waals surface area contributed by atoms with E-state index >= 15 is 0 Å². The SMILES string of the molecule is COCc1cccc(C(=O)N2CCN(c3ccccc3O)CC2)c1. The molecular weight excluding hydrogens is 304 g/mol. The van der Waals surface area contributed by atoms with E-state index in [1.54, 1.807) is 13.2 Å². The Morgan fingerprint density at radius 1 is 1.08 bits per heavy atom. The fourth-order valence-electron chi connectivity index (χ4n) is 3.03. The molecule has 1 aliphatic heterocycles. The van der Waals surface area contributed by atoms with Crippen molar-refractivity contribution in [2.75, 3.05) is 38.2 Å². The van der Waals surface area contributed by atoms with Crippen molar-refractivity contribution in [3.8, 4) is 5.75 Å². The van der Waals surface area contributed by atoms with Crippen molar-refractivity contribution in [1.29, 1.82) is 0 Å². The average molecular weight is 326 g/mol. The summed E-state index contributed by atoms with van der Waals surface area (Å²) in [6.07, 6.45) is 0. The topological polar surface area (TPSA) is 53.0 Å². The normalized spacial score (nSPS) is 14.7. The fraction of sp³-hybridized carbons (Fsp3) is 0.316. The van der Waals surface area contributed by atoms with Gasteiger partial charge >= 0.3 is 0 Å². The molecule has 0 aromatic heterocycles. The Bertz CT molecular complexity index is 709. The molecule has 0 radical (unpaired) electrons. The molecule has 1 heterocycles. The van der Waals surface area contributed by atoms with Crippen molar-refractivity contribution in [2.24, 2.45) is 0 Å². The van der Waals surface area contributed by atoms with Gasteiger partial charge in [-0.3, -0.25) is 4.79 Å². The maximum Gasteiger partial charge on any atom is 0.253 e. The molecule has 2 aromatic rings. The van der Waals surface area contributed by atoms with Gasteiger partial charge in [-0.1, -0.05) is 24.3 Å². The van der Waals surface area contributed by atoms with E-state index in [0.717, 1.165) is 11.3 Å². The van der Waals surface area contributed by atoms with Crippen LogP contribution in [0.15, 0.2) is 48.5 Å². The third-order valence-electron chi connectivity index (χ3n) is 4.27. The molecule has 3 rings (SSSR count). The number of phenols is 1. The number of para-hydroxylation sites is 2. The number of benzene rings is 2. The maximum atomic E-state index is 12.7. The largest absolute Gasteiger partial charge is 0.506 e. The van der Waals surface area contributed by atoms with Crippen molar-refractivity contribution in [3.05, 3.63) is 59.7 Å². The van der Waals surface area contributed by atoms with Crippen molar-refractivity contribution >= 4 is 11.6 Å². The third-order valence-corrected chi connectivity index (χ3v) is 4.27. The number of aromatic hydroxyl groups is 1. The second-order valence-corrected chi connectivity index (χ2v) is 5.90. The summed E-state index contributed by atoms with van der Waals surface area (Å²) in [5, 5.41) is 9.96. The van der Waals surface area contributed by atoms with Gasteiger partial charge in [0, 0.05) is 38.9 Å². The molecule has 5 nitrogen and oxygen atoms in total. The van der Waals surface area contributed by atoms with Crippen LogP contribution in [-0.2, 0) is 11.3 Å². The number of carbonyl (C=O) groups is 1. The van der Waals surface area contributed by atoms with Gasteiger partial charge in [-0.25, -0.2) is 0 Å². The zero-order chi connectivity index (χ0) is 16.9. The molecule has 1 N–H and O–H groups in total. The summed E-state index contributed by atoms with van der Waals surface area (Å²) in [7, 11) is 1.65. The summed E-state index contributed by atoms with van der Waals surface area (Å²) < 4.78 is 5.13. The molecule has 1 amide bonds. The second kappa shape index (κ2) is 7.36. The first-order chi connectivity index (χ1) is 11.7. The number of amides is 1. The van der Waals surface area contributed by atoms with Crippen LogP contribution in [0.1, 0.15) is 15.9 Å². The summed E-state index contributed by atoms with van der Waals surface area (Å²) in [6, 6.07) is 14.9. The molecular formula is C19H22N2O3. The van der Waals surface area contributed by atoms with Crippen LogP contribution < -0.4 is 4.90 Å². The number of phenolic OH excluding ortho intramolecular Hbond substituents is 1. The highest BCUT2D eigenvalue weighted by atomic mass is 16.5. The molecule has 0 saturated carbocycles. The summed E-state index contributed by atoms with van der Waals surface area (Å²) in [5.41, 5.74) is 2.52. The van der Waals surface area contributed by atoms with Gasteiger partial charge in [-0.05, 0) is 29.8 Å². The summed E-state index contributed by atoms with van der Waals surface area (Å²) in [5.74, 6) is 0.328. The standard InChI is InChI=1S/C19H22N2O3/c1-24-14-15-5-4-6-16(13-15)19(23)21-11-9-20(10-12-21)17-7-2-3-8-18(17)22/h2-8,13,22H,9-12,14H2,1H3.